The first kappa shape index (κ1) is 16.6. The van der Waals surface area contributed by atoms with E-state index in [0.29, 0.717) is 17.0 Å². The number of primary amides is 1. The average Bonchev–Trinajstić information content (AvgIpc) is 3.10. The van der Waals surface area contributed by atoms with Gasteiger partial charge in [-0.25, -0.2) is 0 Å². The van der Waals surface area contributed by atoms with Crippen molar-refractivity contribution in [3.05, 3.63) is 72.9 Å². The molecule has 132 valence electrons. The van der Waals surface area contributed by atoms with Crippen molar-refractivity contribution in [2.24, 2.45) is 12.8 Å². The first-order chi connectivity index (χ1) is 13.1. The molecule has 1 amide bonds. The molecule has 0 aliphatic carbocycles. The molecule has 4 aromatic heterocycles. The second kappa shape index (κ2) is 6.80. The van der Waals surface area contributed by atoms with Crippen LogP contribution in [0, 0.1) is 0 Å². The van der Waals surface area contributed by atoms with Gasteiger partial charge in [0.25, 0.3) is 0 Å². The van der Waals surface area contributed by atoms with E-state index in [1.165, 1.54) is 6.20 Å². The van der Waals surface area contributed by atoms with Crippen molar-refractivity contribution in [1.29, 1.82) is 0 Å². The van der Waals surface area contributed by atoms with Crippen molar-refractivity contribution in [3.63, 3.8) is 0 Å². The third kappa shape index (κ3) is 3.18. The number of aromatic nitrogens is 5. The molecule has 0 aliphatic rings. The minimum Gasteiger partial charge on any atom is -0.366 e. The lowest BCUT2D eigenvalue weighted by Crippen LogP contribution is -2.11. The first-order valence-corrected chi connectivity index (χ1v) is 8.29. The van der Waals surface area contributed by atoms with Gasteiger partial charge in [-0.15, -0.1) is 0 Å². The number of aryl methyl sites for hydroxylation is 1. The molecule has 27 heavy (non-hydrogen) atoms. The monoisotopic (exact) mass is 356 g/mol. The summed E-state index contributed by atoms with van der Waals surface area (Å²) < 4.78 is 1.72. The topological polar surface area (TPSA) is 99.6 Å². The van der Waals surface area contributed by atoms with E-state index in [9.17, 15) is 4.79 Å². The summed E-state index contributed by atoms with van der Waals surface area (Å²) in [5.41, 5.74) is 10.4. The molecule has 0 spiro atoms. The average molecular weight is 356 g/mol. The molecule has 7 nitrogen and oxygen atoms in total. The highest BCUT2D eigenvalue weighted by Gasteiger charge is 2.19. The van der Waals surface area contributed by atoms with Crippen LogP contribution in [0.3, 0.4) is 0 Å². The molecule has 0 saturated carbocycles. The van der Waals surface area contributed by atoms with Gasteiger partial charge in [0.15, 0.2) is 0 Å². The number of pyridine rings is 3. The third-order valence-electron chi connectivity index (χ3n) is 4.15. The highest BCUT2D eigenvalue weighted by atomic mass is 16.1. The molecule has 0 aromatic carbocycles. The van der Waals surface area contributed by atoms with E-state index in [4.69, 9.17) is 5.73 Å². The molecule has 0 atom stereocenters. The maximum atomic E-state index is 11.7. The molecule has 0 unspecified atom stereocenters. The molecule has 0 bridgehead atoms. The zero-order valence-corrected chi connectivity index (χ0v) is 14.6. The summed E-state index contributed by atoms with van der Waals surface area (Å²) in [5.74, 6) is -0.527. The predicted octanol–water partition coefficient (Wildman–Crippen LogP) is 2.71. The van der Waals surface area contributed by atoms with Crippen molar-refractivity contribution in [3.8, 4) is 33.8 Å². The summed E-state index contributed by atoms with van der Waals surface area (Å²) in [4.78, 5) is 24.7. The number of hydrogen-bond donors (Lipinski definition) is 1. The summed E-state index contributed by atoms with van der Waals surface area (Å²) in [5, 5.41) is 4.56. The van der Waals surface area contributed by atoms with Gasteiger partial charge in [-0.1, -0.05) is 6.07 Å². The van der Waals surface area contributed by atoms with Crippen LogP contribution in [0.25, 0.3) is 33.8 Å². The van der Waals surface area contributed by atoms with Gasteiger partial charge < -0.3 is 5.73 Å². The normalized spacial score (nSPS) is 10.7. The Labute approximate surface area is 155 Å². The van der Waals surface area contributed by atoms with E-state index in [0.717, 1.165) is 22.4 Å². The van der Waals surface area contributed by atoms with E-state index in [-0.39, 0.29) is 0 Å². The Hall–Kier alpha value is -3.87. The maximum absolute atomic E-state index is 11.7. The first-order valence-electron chi connectivity index (χ1n) is 8.29. The third-order valence-corrected chi connectivity index (χ3v) is 4.15. The van der Waals surface area contributed by atoms with Crippen molar-refractivity contribution in [2.45, 2.75) is 0 Å². The quantitative estimate of drug-likeness (QED) is 0.606. The lowest BCUT2D eigenvalue weighted by molar-refractivity contribution is 0.1000. The van der Waals surface area contributed by atoms with E-state index < -0.39 is 5.91 Å². The molecule has 0 radical (unpaired) electrons. The number of carbonyl (C=O) groups excluding carboxylic acids is 1. The molecular formula is C20H16N6O. The number of carbonyl (C=O) groups is 1. The fraction of sp³-hybridized carbons (Fsp3) is 0.0500. The standard InChI is InChI=1S/C20H16N6O/c1-26-12-16(19(25-26)17-4-2-3-7-23-17)18-15(13-5-8-22-9-6-13)10-14(11-24-18)20(21)27/h2-12H,1H3,(H2,21,27). The smallest absolute Gasteiger partial charge is 0.250 e. The Balaban J connectivity index is 1.97. The minimum atomic E-state index is -0.527. The molecule has 4 rings (SSSR count). The predicted molar refractivity (Wildman–Crippen MR) is 101 cm³/mol. The summed E-state index contributed by atoms with van der Waals surface area (Å²) in [6.07, 6.45) is 8.48. The van der Waals surface area contributed by atoms with Crippen LogP contribution in [0.4, 0.5) is 0 Å². The van der Waals surface area contributed by atoms with E-state index in [2.05, 4.69) is 20.1 Å². The van der Waals surface area contributed by atoms with Gasteiger partial charge in [-0.3, -0.25) is 24.4 Å². The number of amides is 1. The van der Waals surface area contributed by atoms with Crippen LogP contribution in [0.15, 0.2) is 67.4 Å². The highest BCUT2D eigenvalue weighted by molar-refractivity contribution is 5.96. The summed E-state index contributed by atoms with van der Waals surface area (Å²) >= 11 is 0. The summed E-state index contributed by atoms with van der Waals surface area (Å²) in [7, 11) is 1.85. The van der Waals surface area contributed by atoms with Crippen LogP contribution in [0.2, 0.25) is 0 Å². The van der Waals surface area contributed by atoms with Crippen LogP contribution in [0.1, 0.15) is 10.4 Å². The Morgan fingerprint density at radius 2 is 1.81 bits per heavy atom. The van der Waals surface area contributed by atoms with Crippen molar-refractivity contribution >= 4 is 5.91 Å². The number of rotatable bonds is 4. The van der Waals surface area contributed by atoms with Crippen molar-refractivity contribution in [1.82, 2.24) is 24.7 Å². The van der Waals surface area contributed by atoms with E-state index in [1.54, 1.807) is 29.3 Å². The van der Waals surface area contributed by atoms with Gasteiger partial charge in [-0.05, 0) is 35.9 Å². The Morgan fingerprint density at radius 1 is 1.00 bits per heavy atom. The second-order valence-corrected chi connectivity index (χ2v) is 6.00. The van der Waals surface area contributed by atoms with Crippen LogP contribution < -0.4 is 5.73 Å². The van der Waals surface area contributed by atoms with Crippen LogP contribution in [-0.4, -0.2) is 30.6 Å². The summed E-state index contributed by atoms with van der Waals surface area (Å²) in [6, 6.07) is 11.1. The SMILES string of the molecule is Cn1cc(-c2ncc(C(N)=O)cc2-c2ccncc2)c(-c2ccccn2)n1. The van der Waals surface area contributed by atoms with Crippen LogP contribution >= 0.6 is 0 Å². The number of nitrogens with zero attached hydrogens (tertiary/aromatic N) is 5. The lowest BCUT2D eigenvalue weighted by atomic mass is 9.98. The van der Waals surface area contributed by atoms with E-state index >= 15 is 0 Å². The minimum absolute atomic E-state index is 0.342. The number of hydrogen-bond acceptors (Lipinski definition) is 5. The Kier molecular flexibility index (Phi) is 4.18. The van der Waals surface area contributed by atoms with Crippen molar-refractivity contribution in [2.75, 3.05) is 0 Å². The molecule has 0 aliphatic heterocycles. The van der Waals surface area contributed by atoms with Gasteiger partial charge >= 0.3 is 0 Å². The lowest BCUT2D eigenvalue weighted by Gasteiger charge is -2.10. The van der Waals surface area contributed by atoms with Gasteiger partial charge in [0.1, 0.15) is 5.69 Å². The molecule has 0 saturated heterocycles. The second-order valence-electron chi connectivity index (χ2n) is 6.00. The molecule has 4 heterocycles. The van der Waals surface area contributed by atoms with Crippen LogP contribution in [-0.2, 0) is 7.05 Å². The van der Waals surface area contributed by atoms with Crippen LogP contribution in [0.5, 0.6) is 0 Å². The molecular weight excluding hydrogens is 340 g/mol. The van der Waals surface area contributed by atoms with Crippen molar-refractivity contribution < 1.29 is 4.79 Å². The van der Waals surface area contributed by atoms with E-state index in [1.807, 2.05) is 43.6 Å². The number of nitrogens with two attached hydrogens (primary N) is 1. The summed E-state index contributed by atoms with van der Waals surface area (Å²) in [6.45, 7) is 0. The maximum Gasteiger partial charge on any atom is 0.250 e. The zero-order valence-electron chi connectivity index (χ0n) is 14.6. The van der Waals surface area contributed by atoms with Gasteiger partial charge in [-0.2, -0.15) is 5.10 Å². The molecule has 2 N–H and O–H groups in total. The Morgan fingerprint density at radius 3 is 2.52 bits per heavy atom. The highest BCUT2D eigenvalue weighted by Crippen LogP contribution is 2.35. The van der Waals surface area contributed by atoms with Gasteiger partial charge in [0, 0.05) is 49.2 Å². The largest absolute Gasteiger partial charge is 0.366 e. The fourth-order valence-corrected chi connectivity index (χ4v) is 2.92. The van der Waals surface area contributed by atoms with Gasteiger partial charge in [0.05, 0.1) is 17.0 Å². The molecule has 4 aromatic rings. The molecule has 0 fully saturated rings. The molecule has 7 heteroatoms. The van der Waals surface area contributed by atoms with Gasteiger partial charge in [0.2, 0.25) is 5.91 Å². The fourth-order valence-electron chi connectivity index (χ4n) is 2.92. The Bertz CT molecular complexity index is 1110. The zero-order chi connectivity index (χ0) is 18.8.